The van der Waals surface area contributed by atoms with Crippen molar-refractivity contribution in [3.8, 4) is 11.1 Å². The van der Waals surface area contributed by atoms with Crippen LogP contribution in [-0.2, 0) is 9.53 Å². The first kappa shape index (κ1) is 25.1. The molecule has 192 valence electrons. The molecule has 8 nitrogen and oxygen atoms in total. The van der Waals surface area contributed by atoms with E-state index in [9.17, 15) is 14.7 Å². The van der Waals surface area contributed by atoms with Crippen molar-refractivity contribution in [2.24, 2.45) is 0 Å². The first-order valence-corrected chi connectivity index (χ1v) is 12.3. The van der Waals surface area contributed by atoms with Crippen LogP contribution in [0.4, 0.5) is 10.2 Å². The molecule has 0 aliphatic carbocycles. The Kier molecular flexibility index (Phi) is 7.10. The lowest BCUT2D eigenvalue weighted by atomic mass is 9.94. The number of rotatable bonds is 6. The summed E-state index contributed by atoms with van der Waals surface area (Å²) in [4.78, 5) is 31.1. The van der Waals surface area contributed by atoms with Gasteiger partial charge in [-0.1, -0.05) is 29.8 Å². The summed E-state index contributed by atoms with van der Waals surface area (Å²) in [5.74, 6) is -1.12. The highest BCUT2D eigenvalue weighted by atomic mass is 35.5. The van der Waals surface area contributed by atoms with Gasteiger partial charge in [0.25, 0.3) is 5.91 Å². The zero-order valence-electron chi connectivity index (χ0n) is 19.9. The van der Waals surface area contributed by atoms with Crippen LogP contribution in [0.2, 0.25) is 5.02 Å². The quantitative estimate of drug-likeness (QED) is 0.455. The van der Waals surface area contributed by atoms with Gasteiger partial charge >= 0.3 is 0 Å². The fourth-order valence-corrected chi connectivity index (χ4v) is 5.19. The molecule has 2 saturated heterocycles. The predicted molar refractivity (Wildman–Crippen MR) is 136 cm³/mol. The van der Waals surface area contributed by atoms with Crippen LogP contribution in [0.1, 0.15) is 39.9 Å². The summed E-state index contributed by atoms with van der Waals surface area (Å²) in [5.41, 5.74) is 8.49. The Morgan fingerprint density at radius 2 is 2.14 bits per heavy atom. The number of carbonyl (C=O) groups is 2. The number of aliphatic hydroxyl groups is 1. The number of pyridine rings is 1. The molecule has 2 aliphatic heterocycles. The molecule has 2 aliphatic rings. The monoisotopic (exact) mass is 524 g/mol. The van der Waals surface area contributed by atoms with Gasteiger partial charge in [-0.25, -0.2) is 9.37 Å². The van der Waals surface area contributed by atoms with Gasteiger partial charge in [-0.15, -0.1) is 0 Å². The molecule has 0 spiro atoms. The molecule has 3 atom stereocenters. The van der Waals surface area contributed by atoms with E-state index < -0.39 is 17.8 Å². The summed E-state index contributed by atoms with van der Waals surface area (Å²) in [7, 11) is 0. The summed E-state index contributed by atoms with van der Waals surface area (Å²) >= 11 is 6.01. The van der Waals surface area contributed by atoms with E-state index in [-0.39, 0.29) is 42.5 Å². The molecule has 2 aromatic carbocycles. The zero-order chi connectivity index (χ0) is 26.1. The predicted octanol–water partition coefficient (Wildman–Crippen LogP) is 3.30. The minimum absolute atomic E-state index is 0.0166. The van der Waals surface area contributed by atoms with Crippen molar-refractivity contribution in [1.29, 1.82) is 0 Å². The van der Waals surface area contributed by atoms with E-state index in [1.54, 1.807) is 36.5 Å². The first-order chi connectivity index (χ1) is 17.8. The maximum Gasteiger partial charge on any atom is 0.254 e. The summed E-state index contributed by atoms with van der Waals surface area (Å²) in [6.07, 6.45) is 2.44. The number of anilines is 1. The van der Waals surface area contributed by atoms with Crippen LogP contribution < -0.4 is 11.1 Å². The lowest BCUT2D eigenvalue weighted by Gasteiger charge is -2.28. The van der Waals surface area contributed by atoms with Crippen LogP contribution >= 0.6 is 11.6 Å². The molecule has 2 fully saturated rings. The van der Waals surface area contributed by atoms with Crippen molar-refractivity contribution < 1.29 is 23.8 Å². The number of hydrogen-bond donors (Lipinski definition) is 3. The number of halogens is 2. The zero-order valence-corrected chi connectivity index (χ0v) is 20.6. The standard InChI is InChI=1S/C27H26ClFN4O4/c28-19-3-1-2-16(6-19)24(12-34)32-27(36)21-5-4-15(9-23(21)29)22-8-17(10-31-26(22)30)18-7-20-13-37-14-25(35)33(20)11-18/h1-6,8-10,18,20,24,34H,7,11-14H2,(H2,30,31)(H,32,36)/t18-,20-,24+/m0/s1. The highest BCUT2D eigenvalue weighted by Crippen LogP contribution is 2.36. The van der Waals surface area contributed by atoms with E-state index in [0.717, 1.165) is 12.0 Å². The number of morpholine rings is 1. The number of amides is 2. The maximum absolute atomic E-state index is 15.1. The van der Waals surface area contributed by atoms with Crippen LogP contribution in [0.5, 0.6) is 0 Å². The fraction of sp³-hybridized carbons (Fsp3) is 0.296. The molecule has 3 heterocycles. The molecule has 5 rings (SSSR count). The third-order valence-electron chi connectivity index (χ3n) is 6.95. The Bertz CT molecular complexity index is 1350. The number of benzene rings is 2. The van der Waals surface area contributed by atoms with Crippen LogP contribution in [0.25, 0.3) is 11.1 Å². The highest BCUT2D eigenvalue weighted by Gasteiger charge is 2.38. The maximum atomic E-state index is 15.1. The highest BCUT2D eigenvalue weighted by molar-refractivity contribution is 6.30. The summed E-state index contributed by atoms with van der Waals surface area (Å²) in [6.45, 7) is 0.814. The van der Waals surface area contributed by atoms with E-state index in [4.69, 9.17) is 22.1 Å². The minimum atomic E-state index is -0.745. The average molecular weight is 525 g/mol. The van der Waals surface area contributed by atoms with Crippen molar-refractivity contribution in [2.45, 2.75) is 24.4 Å². The van der Waals surface area contributed by atoms with E-state index in [1.165, 1.54) is 12.1 Å². The number of nitrogens with zero attached hydrogens (tertiary/aromatic N) is 2. The molecule has 3 aromatic rings. The van der Waals surface area contributed by atoms with Gasteiger partial charge in [-0.05, 0) is 53.4 Å². The molecule has 0 unspecified atom stereocenters. The van der Waals surface area contributed by atoms with Crippen molar-refractivity contribution >= 4 is 29.2 Å². The number of fused-ring (bicyclic) bond motifs is 1. The molecule has 0 saturated carbocycles. The lowest BCUT2D eigenvalue weighted by Crippen LogP contribution is -2.45. The van der Waals surface area contributed by atoms with Crippen molar-refractivity contribution in [3.05, 3.63) is 82.3 Å². The summed E-state index contributed by atoms with van der Waals surface area (Å²) in [6, 6.07) is 12.1. The third kappa shape index (κ3) is 5.16. The van der Waals surface area contributed by atoms with Crippen molar-refractivity contribution in [2.75, 3.05) is 32.1 Å². The molecule has 0 bridgehead atoms. The summed E-state index contributed by atoms with van der Waals surface area (Å²) in [5, 5.41) is 12.9. The second kappa shape index (κ2) is 10.5. The second-order valence-corrected chi connectivity index (χ2v) is 9.74. The molecular formula is C27H26ClFN4O4. The Labute approximate surface area is 218 Å². The largest absolute Gasteiger partial charge is 0.394 e. The number of nitrogen functional groups attached to an aromatic ring is 1. The van der Waals surface area contributed by atoms with Gasteiger partial charge in [0.05, 0.1) is 30.9 Å². The molecule has 1 aromatic heterocycles. The lowest BCUT2D eigenvalue weighted by molar-refractivity contribution is -0.145. The van der Waals surface area contributed by atoms with Crippen LogP contribution in [0.15, 0.2) is 54.7 Å². The van der Waals surface area contributed by atoms with Crippen molar-refractivity contribution in [3.63, 3.8) is 0 Å². The molecule has 4 N–H and O–H groups in total. The first-order valence-electron chi connectivity index (χ1n) is 11.9. The molecule has 0 radical (unpaired) electrons. The third-order valence-corrected chi connectivity index (χ3v) is 7.18. The minimum Gasteiger partial charge on any atom is -0.394 e. The Morgan fingerprint density at radius 3 is 2.86 bits per heavy atom. The fourth-order valence-electron chi connectivity index (χ4n) is 4.99. The molecular weight excluding hydrogens is 499 g/mol. The second-order valence-electron chi connectivity index (χ2n) is 9.31. The molecule has 2 amide bonds. The average Bonchev–Trinajstić information content (AvgIpc) is 3.33. The van der Waals surface area contributed by atoms with Crippen LogP contribution in [-0.4, -0.2) is 59.2 Å². The van der Waals surface area contributed by atoms with Gasteiger partial charge < -0.3 is 25.8 Å². The number of nitrogens with two attached hydrogens (primary N) is 1. The van der Waals surface area contributed by atoms with Crippen LogP contribution in [0, 0.1) is 5.82 Å². The van der Waals surface area contributed by atoms with Crippen LogP contribution in [0.3, 0.4) is 0 Å². The number of ether oxygens (including phenoxy) is 1. The number of aromatic nitrogens is 1. The van der Waals surface area contributed by atoms with Gasteiger partial charge in [-0.3, -0.25) is 9.59 Å². The Morgan fingerprint density at radius 1 is 1.30 bits per heavy atom. The smallest absolute Gasteiger partial charge is 0.254 e. The number of aliphatic hydroxyl groups excluding tert-OH is 1. The van der Waals surface area contributed by atoms with E-state index in [2.05, 4.69) is 10.3 Å². The number of hydrogen-bond acceptors (Lipinski definition) is 6. The normalized spacial score (nSPS) is 20.0. The number of carbonyl (C=O) groups excluding carboxylic acids is 2. The SMILES string of the molecule is Nc1ncc([C@H]2C[C@H]3COCC(=O)N3C2)cc1-c1ccc(C(=O)N[C@H](CO)c2cccc(Cl)c2)c(F)c1. The number of nitrogens with one attached hydrogen (secondary N) is 1. The van der Waals surface area contributed by atoms with Gasteiger partial charge in [0, 0.05) is 29.2 Å². The Hall–Kier alpha value is -3.53. The van der Waals surface area contributed by atoms with Gasteiger partial charge in [-0.2, -0.15) is 0 Å². The van der Waals surface area contributed by atoms with E-state index >= 15 is 4.39 Å². The molecule has 37 heavy (non-hydrogen) atoms. The van der Waals surface area contributed by atoms with Gasteiger partial charge in [0.1, 0.15) is 18.2 Å². The van der Waals surface area contributed by atoms with E-state index in [1.807, 2.05) is 11.0 Å². The molecule has 10 heteroatoms. The van der Waals surface area contributed by atoms with Gasteiger partial charge in [0.2, 0.25) is 5.91 Å². The van der Waals surface area contributed by atoms with Crippen molar-refractivity contribution in [1.82, 2.24) is 15.2 Å². The van der Waals surface area contributed by atoms with E-state index in [0.29, 0.717) is 34.9 Å². The summed E-state index contributed by atoms with van der Waals surface area (Å²) < 4.78 is 20.5. The Balaban J connectivity index is 1.36. The topological polar surface area (TPSA) is 118 Å². The van der Waals surface area contributed by atoms with Gasteiger partial charge in [0.15, 0.2) is 0 Å².